The van der Waals surface area contributed by atoms with Gasteiger partial charge in [0.25, 0.3) is 0 Å². The fourth-order valence-electron chi connectivity index (χ4n) is 0.876. The van der Waals surface area contributed by atoms with E-state index in [0.29, 0.717) is 12.2 Å². The van der Waals surface area contributed by atoms with Crippen molar-refractivity contribution in [1.82, 2.24) is 4.98 Å². The van der Waals surface area contributed by atoms with Gasteiger partial charge in [-0.2, -0.15) is 5.26 Å². The zero-order chi connectivity index (χ0) is 8.27. The monoisotopic (exact) mass is 147 g/mol. The predicted molar refractivity (Wildman–Crippen MR) is 42.7 cm³/mol. The van der Waals surface area contributed by atoms with Gasteiger partial charge in [0.1, 0.15) is 5.82 Å². The average Bonchev–Trinajstić information content (AvgIpc) is 1.95. The van der Waals surface area contributed by atoms with Crippen molar-refractivity contribution in [3.63, 3.8) is 0 Å². The van der Waals surface area contributed by atoms with E-state index >= 15 is 0 Å². The normalized spacial score (nSPS) is 9.09. The molecule has 0 amide bonds. The number of aryl methyl sites for hydroxylation is 1. The van der Waals surface area contributed by atoms with E-state index in [9.17, 15) is 0 Å². The fraction of sp³-hybridized carbons (Fsp3) is 0.250. The zero-order valence-electron chi connectivity index (χ0n) is 6.33. The van der Waals surface area contributed by atoms with Gasteiger partial charge in [-0.15, -0.1) is 0 Å². The zero-order valence-corrected chi connectivity index (χ0v) is 6.33. The molecule has 0 saturated carbocycles. The molecule has 3 nitrogen and oxygen atoms in total. The van der Waals surface area contributed by atoms with Crippen molar-refractivity contribution in [2.45, 2.75) is 13.3 Å². The first-order chi connectivity index (χ1) is 5.24. The Kier molecular flexibility index (Phi) is 2.07. The molecule has 3 heteroatoms. The number of hydrogen-bond acceptors (Lipinski definition) is 3. The first kappa shape index (κ1) is 7.55. The highest BCUT2D eigenvalue weighted by molar-refractivity contribution is 5.37. The van der Waals surface area contributed by atoms with Crippen LogP contribution >= 0.6 is 0 Å². The molecular weight excluding hydrogens is 138 g/mol. The molecule has 0 bridgehead atoms. The van der Waals surface area contributed by atoms with E-state index in [-0.39, 0.29) is 0 Å². The molecule has 0 aliphatic heterocycles. The number of nitriles is 1. The molecule has 0 fully saturated rings. The Bertz CT molecular complexity index is 299. The van der Waals surface area contributed by atoms with E-state index in [1.165, 1.54) is 0 Å². The number of hydrogen-bond donors (Lipinski definition) is 1. The number of anilines is 1. The van der Waals surface area contributed by atoms with Crippen LogP contribution in [0.3, 0.4) is 0 Å². The van der Waals surface area contributed by atoms with E-state index < -0.39 is 0 Å². The summed E-state index contributed by atoms with van der Waals surface area (Å²) in [4.78, 5) is 3.89. The first-order valence-corrected chi connectivity index (χ1v) is 3.32. The number of nitrogens with two attached hydrogens (primary N) is 1. The summed E-state index contributed by atoms with van der Waals surface area (Å²) < 4.78 is 0. The standard InChI is InChI=1S/C8H9N3/c1-6-4-8(10)11-5-7(6)2-3-9/h4-5H,2H2,1H3,(H2,10,11). The Morgan fingerprint density at radius 1 is 1.73 bits per heavy atom. The highest BCUT2D eigenvalue weighted by Crippen LogP contribution is 2.08. The van der Waals surface area contributed by atoms with Gasteiger partial charge in [-0.1, -0.05) is 0 Å². The maximum Gasteiger partial charge on any atom is 0.123 e. The fourth-order valence-corrected chi connectivity index (χ4v) is 0.876. The molecule has 0 aliphatic rings. The molecule has 0 atom stereocenters. The summed E-state index contributed by atoms with van der Waals surface area (Å²) in [7, 11) is 0. The van der Waals surface area contributed by atoms with Crippen LogP contribution in [0.5, 0.6) is 0 Å². The Balaban J connectivity index is 3.01. The summed E-state index contributed by atoms with van der Waals surface area (Å²) in [6.07, 6.45) is 2.05. The molecule has 0 saturated heterocycles. The van der Waals surface area contributed by atoms with Crippen LogP contribution in [-0.2, 0) is 6.42 Å². The molecule has 0 unspecified atom stereocenters. The van der Waals surface area contributed by atoms with E-state index in [2.05, 4.69) is 11.1 Å². The van der Waals surface area contributed by atoms with Gasteiger partial charge in [-0.3, -0.25) is 0 Å². The molecule has 56 valence electrons. The van der Waals surface area contributed by atoms with E-state index in [0.717, 1.165) is 11.1 Å². The summed E-state index contributed by atoms with van der Waals surface area (Å²) in [5, 5.41) is 8.40. The Hall–Kier alpha value is -1.56. The van der Waals surface area contributed by atoms with Crippen LogP contribution in [0.2, 0.25) is 0 Å². The summed E-state index contributed by atoms with van der Waals surface area (Å²) >= 11 is 0. The second-order valence-corrected chi connectivity index (χ2v) is 2.37. The Labute approximate surface area is 65.5 Å². The molecule has 11 heavy (non-hydrogen) atoms. The molecule has 1 heterocycles. The van der Waals surface area contributed by atoms with Gasteiger partial charge < -0.3 is 5.73 Å². The van der Waals surface area contributed by atoms with Crippen molar-refractivity contribution in [2.24, 2.45) is 0 Å². The van der Waals surface area contributed by atoms with Gasteiger partial charge in [0.15, 0.2) is 0 Å². The molecule has 2 N–H and O–H groups in total. The van der Waals surface area contributed by atoms with Crippen molar-refractivity contribution < 1.29 is 0 Å². The summed E-state index contributed by atoms with van der Waals surface area (Å²) in [6, 6.07) is 3.83. The van der Waals surface area contributed by atoms with Crippen LogP contribution in [0.15, 0.2) is 12.3 Å². The van der Waals surface area contributed by atoms with Crippen molar-refractivity contribution >= 4 is 5.82 Å². The topological polar surface area (TPSA) is 62.7 Å². The quantitative estimate of drug-likeness (QED) is 0.645. The lowest BCUT2D eigenvalue weighted by Gasteiger charge is -1.99. The van der Waals surface area contributed by atoms with Gasteiger partial charge in [0.05, 0.1) is 12.5 Å². The highest BCUT2D eigenvalue weighted by Gasteiger charge is 1.97. The molecule has 1 aromatic heterocycles. The van der Waals surface area contributed by atoms with Crippen molar-refractivity contribution in [3.05, 3.63) is 23.4 Å². The SMILES string of the molecule is Cc1cc(N)ncc1CC#N. The Morgan fingerprint density at radius 2 is 2.45 bits per heavy atom. The number of nitrogens with zero attached hydrogens (tertiary/aromatic N) is 2. The first-order valence-electron chi connectivity index (χ1n) is 3.32. The predicted octanol–water partition coefficient (Wildman–Crippen LogP) is 1.04. The molecule has 1 aromatic rings. The lowest BCUT2D eigenvalue weighted by molar-refractivity contribution is 1.15. The van der Waals surface area contributed by atoms with Crippen molar-refractivity contribution in [2.75, 3.05) is 5.73 Å². The third kappa shape index (κ3) is 1.68. The number of nitrogen functional groups attached to an aromatic ring is 1. The molecule has 1 rings (SSSR count). The number of rotatable bonds is 1. The highest BCUT2D eigenvalue weighted by atomic mass is 14.8. The van der Waals surface area contributed by atoms with Crippen LogP contribution < -0.4 is 5.73 Å². The van der Waals surface area contributed by atoms with Gasteiger partial charge in [0.2, 0.25) is 0 Å². The molecule has 0 spiro atoms. The van der Waals surface area contributed by atoms with Crippen LogP contribution in [0.4, 0.5) is 5.82 Å². The van der Waals surface area contributed by atoms with E-state index in [4.69, 9.17) is 11.0 Å². The average molecular weight is 147 g/mol. The van der Waals surface area contributed by atoms with Crippen LogP contribution in [0, 0.1) is 18.3 Å². The smallest absolute Gasteiger partial charge is 0.123 e. The Morgan fingerprint density at radius 3 is 3.00 bits per heavy atom. The molecule has 0 aromatic carbocycles. The summed E-state index contributed by atoms with van der Waals surface area (Å²) in [5.74, 6) is 0.504. The molecule has 0 radical (unpaired) electrons. The van der Waals surface area contributed by atoms with Gasteiger partial charge in [0, 0.05) is 6.20 Å². The van der Waals surface area contributed by atoms with E-state index in [1.807, 2.05) is 6.92 Å². The third-order valence-corrected chi connectivity index (χ3v) is 1.51. The largest absolute Gasteiger partial charge is 0.384 e. The summed E-state index contributed by atoms with van der Waals surface area (Å²) in [5.41, 5.74) is 7.40. The second-order valence-electron chi connectivity index (χ2n) is 2.37. The summed E-state index contributed by atoms with van der Waals surface area (Å²) in [6.45, 7) is 1.92. The minimum absolute atomic E-state index is 0.402. The van der Waals surface area contributed by atoms with E-state index in [1.54, 1.807) is 12.3 Å². The molecular formula is C8H9N3. The minimum atomic E-state index is 0.402. The van der Waals surface area contributed by atoms with Gasteiger partial charge >= 0.3 is 0 Å². The third-order valence-electron chi connectivity index (χ3n) is 1.51. The number of aromatic nitrogens is 1. The van der Waals surface area contributed by atoms with Gasteiger partial charge in [-0.05, 0) is 24.1 Å². The van der Waals surface area contributed by atoms with Crippen molar-refractivity contribution in [3.8, 4) is 6.07 Å². The van der Waals surface area contributed by atoms with Crippen LogP contribution in [0.25, 0.3) is 0 Å². The van der Waals surface area contributed by atoms with Crippen LogP contribution in [0.1, 0.15) is 11.1 Å². The maximum absolute atomic E-state index is 8.40. The molecule has 0 aliphatic carbocycles. The van der Waals surface area contributed by atoms with Crippen LogP contribution in [-0.4, -0.2) is 4.98 Å². The lowest BCUT2D eigenvalue weighted by atomic mass is 10.1. The number of pyridine rings is 1. The lowest BCUT2D eigenvalue weighted by Crippen LogP contribution is -1.94. The minimum Gasteiger partial charge on any atom is -0.384 e. The van der Waals surface area contributed by atoms with Gasteiger partial charge in [-0.25, -0.2) is 4.98 Å². The maximum atomic E-state index is 8.40. The second kappa shape index (κ2) is 3.02. The van der Waals surface area contributed by atoms with Crippen molar-refractivity contribution in [1.29, 1.82) is 5.26 Å².